The van der Waals surface area contributed by atoms with E-state index in [2.05, 4.69) is 53.9 Å². The highest BCUT2D eigenvalue weighted by Gasteiger charge is 2.18. The lowest BCUT2D eigenvalue weighted by Crippen LogP contribution is -2.41. The summed E-state index contributed by atoms with van der Waals surface area (Å²) >= 11 is 0. The summed E-state index contributed by atoms with van der Waals surface area (Å²) in [5, 5.41) is 0. The van der Waals surface area contributed by atoms with Crippen LogP contribution in [0.4, 0.5) is 0 Å². The maximum absolute atomic E-state index is 3.50. The van der Waals surface area contributed by atoms with E-state index < -0.39 is 0 Å². The monoisotopic (exact) mass is 261 g/mol. The Morgan fingerprint density at radius 2 is 2.00 bits per heavy atom. The van der Waals surface area contributed by atoms with Crippen molar-refractivity contribution < 1.29 is 0 Å². The minimum atomic E-state index is 0.474. The molecule has 0 saturated carbocycles. The Morgan fingerprint density at radius 3 is 2.79 bits per heavy atom. The minimum Gasteiger partial charge on any atom is -0.303 e. The number of hydrogen-bond donors (Lipinski definition) is 2. The number of aryl methyl sites for hydroxylation is 1. The summed E-state index contributed by atoms with van der Waals surface area (Å²) in [5.41, 5.74) is 9.90. The molecule has 1 atom stereocenters. The Labute approximate surface area is 117 Å². The molecule has 0 saturated heterocycles. The first kappa shape index (κ1) is 14.5. The van der Waals surface area contributed by atoms with Gasteiger partial charge in [0.1, 0.15) is 0 Å². The SMILES string of the molecule is CCN(CC)CCNN[C@H]1CCCc2ccccc21. The van der Waals surface area contributed by atoms with E-state index in [1.807, 2.05) is 0 Å². The molecule has 0 aliphatic heterocycles. The summed E-state index contributed by atoms with van der Waals surface area (Å²) in [7, 11) is 0. The molecule has 2 N–H and O–H groups in total. The number of fused-ring (bicyclic) bond motifs is 1. The molecular formula is C16H27N3. The normalized spacial score (nSPS) is 18.6. The Morgan fingerprint density at radius 1 is 1.21 bits per heavy atom. The van der Waals surface area contributed by atoms with Gasteiger partial charge in [-0.1, -0.05) is 38.1 Å². The van der Waals surface area contributed by atoms with Crippen molar-refractivity contribution >= 4 is 0 Å². The lowest BCUT2D eigenvalue weighted by atomic mass is 9.88. The van der Waals surface area contributed by atoms with Crippen molar-refractivity contribution in [3.05, 3.63) is 35.4 Å². The van der Waals surface area contributed by atoms with Crippen molar-refractivity contribution in [1.29, 1.82) is 0 Å². The predicted molar refractivity (Wildman–Crippen MR) is 81.0 cm³/mol. The molecule has 1 aromatic carbocycles. The second-order valence-corrected chi connectivity index (χ2v) is 5.24. The van der Waals surface area contributed by atoms with Crippen LogP contribution in [0.2, 0.25) is 0 Å². The Kier molecular flexibility index (Phi) is 5.83. The van der Waals surface area contributed by atoms with E-state index in [9.17, 15) is 0 Å². The topological polar surface area (TPSA) is 27.3 Å². The maximum atomic E-state index is 3.50. The van der Waals surface area contributed by atoms with Gasteiger partial charge >= 0.3 is 0 Å². The molecule has 0 bridgehead atoms. The zero-order valence-corrected chi connectivity index (χ0v) is 12.3. The van der Waals surface area contributed by atoms with Gasteiger partial charge in [-0.05, 0) is 43.5 Å². The van der Waals surface area contributed by atoms with E-state index in [4.69, 9.17) is 0 Å². The third kappa shape index (κ3) is 4.03. The first-order chi connectivity index (χ1) is 9.35. The lowest BCUT2D eigenvalue weighted by Gasteiger charge is -2.27. The van der Waals surface area contributed by atoms with Crippen molar-refractivity contribution in [2.24, 2.45) is 0 Å². The van der Waals surface area contributed by atoms with E-state index in [1.54, 1.807) is 0 Å². The number of hydrazine groups is 1. The first-order valence-corrected chi connectivity index (χ1v) is 7.63. The van der Waals surface area contributed by atoms with Crippen LogP contribution in [0.25, 0.3) is 0 Å². The van der Waals surface area contributed by atoms with Crippen LogP contribution in [-0.2, 0) is 6.42 Å². The maximum Gasteiger partial charge on any atom is 0.0465 e. The molecule has 0 amide bonds. The number of nitrogens with zero attached hydrogens (tertiary/aromatic N) is 1. The summed E-state index contributed by atoms with van der Waals surface area (Å²) in [6.07, 6.45) is 3.75. The van der Waals surface area contributed by atoms with Crippen molar-refractivity contribution in [2.45, 2.75) is 39.2 Å². The molecule has 0 heterocycles. The molecular weight excluding hydrogens is 234 g/mol. The van der Waals surface area contributed by atoms with Crippen LogP contribution in [0.1, 0.15) is 43.9 Å². The van der Waals surface area contributed by atoms with Crippen LogP contribution in [0.5, 0.6) is 0 Å². The van der Waals surface area contributed by atoms with Crippen molar-refractivity contribution in [1.82, 2.24) is 15.8 Å². The summed E-state index contributed by atoms with van der Waals surface area (Å²) in [6, 6.07) is 9.29. The average molecular weight is 261 g/mol. The molecule has 106 valence electrons. The van der Waals surface area contributed by atoms with Crippen molar-refractivity contribution in [3.63, 3.8) is 0 Å². The van der Waals surface area contributed by atoms with Crippen LogP contribution in [0.3, 0.4) is 0 Å². The van der Waals surface area contributed by atoms with Gasteiger partial charge in [0, 0.05) is 19.1 Å². The van der Waals surface area contributed by atoms with Gasteiger partial charge in [-0.15, -0.1) is 0 Å². The van der Waals surface area contributed by atoms with Gasteiger partial charge in [-0.2, -0.15) is 0 Å². The van der Waals surface area contributed by atoms with Crippen molar-refractivity contribution in [3.8, 4) is 0 Å². The highest BCUT2D eigenvalue weighted by molar-refractivity contribution is 5.31. The second kappa shape index (κ2) is 7.63. The van der Waals surface area contributed by atoms with E-state index in [0.29, 0.717) is 6.04 Å². The Hall–Kier alpha value is -0.900. The van der Waals surface area contributed by atoms with Crippen molar-refractivity contribution in [2.75, 3.05) is 26.2 Å². The fraction of sp³-hybridized carbons (Fsp3) is 0.625. The highest BCUT2D eigenvalue weighted by atomic mass is 15.4. The van der Waals surface area contributed by atoms with Gasteiger partial charge in [-0.25, -0.2) is 0 Å². The molecule has 0 spiro atoms. The minimum absolute atomic E-state index is 0.474. The number of rotatable bonds is 7. The largest absolute Gasteiger partial charge is 0.303 e. The molecule has 1 aromatic rings. The molecule has 0 aromatic heterocycles. The number of nitrogens with one attached hydrogen (secondary N) is 2. The van der Waals surface area contributed by atoms with Crippen LogP contribution in [-0.4, -0.2) is 31.1 Å². The Bertz CT molecular complexity index is 374. The summed E-state index contributed by atoms with van der Waals surface area (Å²) < 4.78 is 0. The third-order valence-electron chi connectivity index (χ3n) is 4.09. The van der Waals surface area contributed by atoms with Gasteiger partial charge in [0.25, 0.3) is 0 Å². The van der Waals surface area contributed by atoms with Crippen LogP contribution in [0, 0.1) is 0 Å². The van der Waals surface area contributed by atoms with E-state index in [1.165, 1.54) is 30.4 Å². The molecule has 1 aliphatic rings. The quantitative estimate of drug-likeness (QED) is 0.583. The molecule has 1 aliphatic carbocycles. The first-order valence-electron chi connectivity index (χ1n) is 7.63. The summed E-state index contributed by atoms with van der Waals surface area (Å²) in [4.78, 5) is 2.43. The molecule has 3 nitrogen and oxygen atoms in total. The molecule has 0 fully saturated rings. The number of hydrogen-bond acceptors (Lipinski definition) is 3. The highest BCUT2D eigenvalue weighted by Crippen LogP contribution is 2.28. The standard InChI is InChI=1S/C16H27N3/c1-3-19(4-2)13-12-17-18-16-11-7-9-14-8-5-6-10-15(14)16/h5-6,8,10,16-18H,3-4,7,9,11-13H2,1-2H3/t16-/m0/s1. The second-order valence-electron chi connectivity index (χ2n) is 5.24. The van der Waals surface area contributed by atoms with Gasteiger partial charge in [0.05, 0.1) is 0 Å². The Balaban J connectivity index is 1.78. The fourth-order valence-electron chi connectivity index (χ4n) is 2.85. The number of likely N-dealkylation sites (N-methyl/N-ethyl adjacent to an activating group) is 1. The molecule has 0 unspecified atom stereocenters. The molecule has 3 heteroatoms. The van der Waals surface area contributed by atoms with Gasteiger partial charge in [0.15, 0.2) is 0 Å². The third-order valence-corrected chi connectivity index (χ3v) is 4.09. The van der Waals surface area contributed by atoms with Gasteiger partial charge < -0.3 is 4.90 Å². The molecule has 0 radical (unpaired) electrons. The van der Waals surface area contributed by atoms with Crippen LogP contribution in [0.15, 0.2) is 24.3 Å². The zero-order valence-electron chi connectivity index (χ0n) is 12.3. The predicted octanol–water partition coefficient (Wildman–Crippen LogP) is 2.50. The van der Waals surface area contributed by atoms with E-state index >= 15 is 0 Å². The summed E-state index contributed by atoms with van der Waals surface area (Å²) in [6.45, 7) is 8.80. The summed E-state index contributed by atoms with van der Waals surface area (Å²) in [5.74, 6) is 0. The number of benzene rings is 1. The zero-order chi connectivity index (χ0) is 13.5. The van der Waals surface area contributed by atoms with Crippen LogP contribution < -0.4 is 10.9 Å². The average Bonchev–Trinajstić information content (AvgIpc) is 2.47. The molecule has 2 rings (SSSR count). The van der Waals surface area contributed by atoms with Gasteiger partial charge in [0.2, 0.25) is 0 Å². The van der Waals surface area contributed by atoms with Crippen LogP contribution >= 0.6 is 0 Å². The van der Waals surface area contributed by atoms with E-state index in [0.717, 1.165) is 26.2 Å². The van der Waals surface area contributed by atoms with E-state index in [-0.39, 0.29) is 0 Å². The lowest BCUT2D eigenvalue weighted by molar-refractivity contribution is 0.286. The smallest absolute Gasteiger partial charge is 0.0465 e. The fourth-order valence-corrected chi connectivity index (χ4v) is 2.85. The molecule has 19 heavy (non-hydrogen) atoms. The van der Waals surface area contributed by atoms with Gasteiger partial charge in [-0.3, -0.25) is 10.9 Å².